The average Bonchev–Trinajstić information content (AvgIpc) is 3.20. The predicted molar refractivity (Wildman–Crippen MR) is 140 cm³/mol. The first kappa shape index (κ1) is 23.9. The van der Waals surface area contributed by atoms with E-state index in [9.17, 15) is 9.59 Å². The van der Waals surface area contributed by atoms with Gasteiger partial charge >= 0.3 is 0 Å². The van der Waals surface area contributed by atoms with Crippen molar-refractivity contribution >= 4 is 35.0 Å². The average molecular weight is 475 g/mol. The molecule has 1 heterocycles. The fourth-order valence-electron chi connectivity index (χ4n) is 3.98. The Morgan fingerprint density at radius 2 is 1.76 bits per heavy atom. The molecule has 1 aliphatic rings. The SMILES string of the molecule is COc1ccc(CC(=O)Nc2cccc([C@@H]3SCC(=O)N3c3ccc(C(C)(C)C)cc3)c2)cc1. The molecule has 0 bridgehead atoms. The van der Waals surface area contributed by atoms with E-state index in [1.165, 1.54) is 5.56 Å². The summed E-state index contributed by atoms with van der Waals surface area (Å²) in [4.78, 5) is 27.2. The fraction of sp³-hybridized carbons (Fsp3) is 0.286. The van der Waals surface area contributed by atoms with Crippen LogP contribution in [0.2, 0.25) is 0 Å². The van der Waals surface area contributed by atoms with Crippen LogP contribution in [0, 0.1) is 0 Å². The van der Waals surface area contributed by atoms with E-state index in [-0.39, 0.29) is 29.0 Å². The second-order valence-electron chi connectivity index (χ2n) is 9.42. The number of ether oxygens (including phenoxy) is 1. The molecule has 0 radical (unpaired) electrons. The summed E-state index contributed by atoms with van der Waals surface area (Å²) in [7, 11) is 1.62. The number of hydrogen-bond donors (Lipinski definition) is 1. The lowest BCUT2D eigenvalue weighted by Gasteiger charge is -2.26. The number of nitrogens with one attached hydrogen (secondary N) is 1. The van der Waals surface area contributed by atoms with Gasteiger partial charge in [-0.3, -0.25) is 14.5 Å². The summed E-state index contributed by atoms with van der Waals surface area (Å²) in [5.41, 5.74) is 4.80. The van der Waals surface area contributed by atoms with Gasteiger partial charge in [0.15, 0.2) is 0 Å². The van der Waals surface area contributed by atoms with Crippen molar-refractivity contribution in [2.24, 2.45) is 0 Å². The van der Waals surface area contributed by atoms with Crippen LogP contribution >= 0.6 is 11.8 Å². The molecule has 1 atom stereocenters. The molecular weight excluding hydrogens is 444 g/mol. The summed E-state index contributed by atoms with van der Waals surface area (Å²) in [5.74, 6) is 1.19. The number of carbonyl (C=O) groups is 2. The molecule has 0 aliphatic carbocycles. The monoisotopic (exact) mass is 474 g/mol. The van der Waals surface area contributed by atoms with Crippen LogP contribution in [-0.2, 0) is 21.4 Å². The minimum atomic E-state index is -0.133. The van der Waals surface area contributed by atoms with Gasteiger partial charge in [0.25, 0.3) is 0 Å². The lowest BCUT2D eigenvalue weighted by molar-refractivity contribution is -0.116. The highest BCUT2D eigenvalue weighted by atomic mass is 32.2. The molecule has 3 aromatic carbocycles. The number of carbonyl (C=O) groups excluding carboxylic acids is 2. The van der Waals surface area contributed by atoms with Crippen LogP contribution in [0.25, 0.3) is 0 Å². The van der Waals surface area contributed by atoms with Crippen molar-refractivity contribution in [3.8, 4) is 5.75 Å². The van der Waals surface area contributed by atoms with Gasteiger partial charge in [-0.15, -0.1) is 11.8 Å². The molecule has 1 fully saturated rings. The predicted octanol–water partition coefficient (Wildman–Crippen LogP) is 5.95. The molecule has 0 aromatic heterocycles. The number of benzene rings is 3. The highest BCUT2D eigenvalue weighted by Crippen LogP contribution is 2.42. The second kappa shape index (κ2) is 9.94. The zero-order valence-corrected chi connectivity index (χ0v) is 20.8. The Morgan fingerprint density at radius 3 is 2.41 bits per heavy atom. The molecule has 6 heteroatoms. The molecule has 1 N–H and O–H groups in total. The van der Waals surface area contributed by atoms with Crippen molar-refractivity contribution in [1.29, 1.82) is 0 Å². The molecule has 1 saturated heterocycles. The van der Waals surface area contributed by atoms with Crippen LogP contribution in [0.3, 0.4) is 0 Å². The Hall–Kier alpha value is -3.25. The molecule has 1 aliphatic heterocycles. The normalized spacial score (nSPS) is 15.9. The minimum Gasteiger partial charge on any atom is -0.497 e. The van der Waals surface area contributed by atoms with Gasteiger partial charge in [0, 0.05) is 11.4 Å². The summed E-state index contributed by atoms with van der Waals surface area (Å²) in [6, 6.07) is 23.5. The van der Waals surface area contributed by atoms with Crippen LogP contribution in [0.1, 0.15) is 42.8 Å². The molecule has 5 nitrogen and oxygen atoms in total. The summed E-state index contributed by atoms with van der Waals surface area (Å²) in [5, 5.41) is 2.86. The standard InChI is InChI=1S/C28H30N2O3S/c1-28(2,3)21-10-12-23(13-11-21)30-26(32)18-34-27(30)20-6-5-7-22(17-20)29-25(31)16-19-8-14-24(33-4)15-9-19/h5-15,17,27H,16,18H2,1-4H3,(H,29,31)/t27-/m0/s1. The van der Waals surface area contributed by atoms with Crippen molar-refractivity contribution in [1.82, 2.24) is 0 Å². The van der Waals surface area contributed by atoms with Crippen molar-refractivity contribution in [3.63, 3.8) is 0 Å². The van der Waals surface area contributed by atoms with E-state index in [0.717, 1.165) is 28.3 Å². The van der Waals surface area contributed by atoms with E-state index in [1.54, 1.807) is 18.9 Å². The third-order valence-corrected chi connectivity index (χ3v) is 7.07. The Kier molecular flexibility index (Phi) is 6.98. The first-order valence-electron chi connectivity index (χ1n) is 11.3. The summed E-state index contributed by atoms with van der Waals surface area (Å²) >= 11 is 1.60. The van der Waals surface area contributed by atoms with E-state index in [1.807, 2.05) is 65.6 Å². The van der Waals surface area contributed by atoms with Gasteiger partial charge in [0.05, 0.1) is 19.3 Å². The van der Waals surface area contributed by atoms with Gasteiger partial charge in [-0.05, 0) is 58.5 Å². The molecular formula is C28H30N2O3S. The zero-order valence-electron chi connectivity index (χ0n) is 20.0. The Labute approximate surface area is 205 Å². The smallest absolute Gasteiger partial charge is 0.238 e. The largest absolute Gasteiger partial charge is 0.497 e. The van der Waals surface area contributed by atoms with Gasteiger partial charge in [-0.2, -0.15) is 0 Å². The molecule has 3 aromatic rings. The Morgan fingerprint density at radius 1 is 1.06 bits per heavy atom. The number of nitrogens with zero attached hydrogens (tertiary/aromatic N) is 1. The van der Waals surface area contributed by atoms with E-state index in [0.29, 0.717) is 5.75 Å². The van der Waals surface area contributed by atoms with Crippen molar-refractivity contribution in [3.05, 3.63) is 89.5 Å². The first-order valence-corrected chi connectivity index (χ1v) is 12.4. The highest BCUT2D eigenvalue weighted by Gasteiger charge is 2.34. The van der Waals surface area contributed by atoms with Crippen LogP contribution < -0.4 is 15.0 Å². The molecule has 0 unspecified atom stereocenters. The van der Waals surface area contributed by atoms with Crippen LogP contribution in [-0.4, -0.2) is 24.7 Å². The van der Waals surface area contributed by atoms with Crippen LogP contribution in [0.4, 0.5) is 11.4 Å². The van der Waals surface area contributed by atoms with E-state index >= 15 is 0 Å². The number of anilines is 2. The Bertz CT molecular complexity index is 1170. The van der Waals surface area contributed by atoms with Crippen molar-refractivity contribution in [2.45, 2.75) is 38.0 Å². The number of amides is 2. The topological polar surface area (TPSA) is 58.6 Å². The minimum absolute atomic E-state index is 0.0556. The van der Waals surface area contributed by atoms with Gasteiger partial charge < -0.3 is 10.1 Å². The maximum atomic E-state index is 12.8. The molecule has 4 rings (SSSR count). The first-order chi connectivity index (χ1) is 16.2. The second-order valence-corrected chi connectivity index (χ2v) is 10.5. The van der Waals surface area contributed by atoms with E-state index < -0.39 is 0 Å². The van der Waals surface area contributed by atoms with Gasteiger partial charge in [-0.1, -0.05) is 57.2 Å². The quantitative estimate of drug-likeness (QED) is 0.479. The molecule has 176 valence electrons. The third-order valence-electron chi connectivity index (χ3n) is 5.86. The van der Waals surface area contributed by atoms with E-state index in [4.69, 9.17) is 4.74 Å². The van der Waals surface area contributed by atoms with Gasteiger partial charge in [-0.25, -0.2) is 0 Å². The number of methoxy groups -OCH3 is 1. The number of rotatable bonds is 6. The van der Waals surface area contributed by atoms with Crippen molar-refractivity contribution in [2.75, 3.05) is 23.1 Å². The zero-order chi connectivity index (χ0) is 24.3. The van der Waals surface area contributed by atoms with Crippen LogP contribution in [0.15, 0.2) is 72.8 Å². The molecule has 2 amide bonds. The molecule has 0 spiro atoms. The summed E-state index contributed by atoms with van der Waals surface area (Å²) < 4.78 is 5.17. The summed E-state index contributed by atoms with van der Waals surface area (Å²) in [6.07, 6.45) is 0.275. The van der Waals surface area contributed by atoms with Gasteiger partial charge in [0.2, 0.25) is 11.8 Å². The maximum absolute atomic E-state index is 12.8. The summed E-state index contributed by atoms with van der Waals surface area (Å²) in [6.45, 7) is 6.53. The Balaban J connectivity index is 1.49. The molecule has 0 saturated carbocycles. The third kappa shape index (κ3) is 5.45. The fourth-order valence-corrected chi connectivity index (χ4v) is 5.14. The lowest BCUT2D eigenvalue weighted by Crippen LogP contribution is -2.28. The van der Waals surface area contributed by atoms with Gasteiger partial charge in [0.1, 0.15) is 11.1 Å². The number of hydrogen-bond acceptors (Lipinski definition) is 4. The van der Waals surface area contributed by atoms with Crippen molar-refractivity contribution < 1.29 is 14.3 Å². The number of thioether (sulfide) groups is 1. The molecule has 34 heavy (non-hydrogen) atoms. The van der Waals surface area contributed by atoms with E-state index in [2.05, 4.69) is 38.2 Å². The van der Waals surface area contributed by atoms with Crippen LogP contribution in [0.5, 0.6) is 5.75 Å². The maximum Gasteiger partial charge on any atom is 0.238 e. The highest BCUT2D eigenvalue weighted by molar-refractivity contribution is 8.00. The lowest BCUT2D eigenvalue weighted by atomic mass is 9.87.